The van der Waals surface area contributed by atoms with E-state index in [0.29, 0.717) is 16.8 Å². The van der Waals surface area contributed by atoms with Crippen LogP contribution >= 0.6 is 0 Å². The van der Waals surface area contributed by atoms with Crippen molar-refractivity contribution in [2.24, 2.45) is 5.14 Å². The lowest BCUT2D eigenvalue weighted by Gasteiger charge is -2.06. The predicted octanol–water partition coefficient (Wildman–Crippen LogP) is 1.09. The third kappa shape index (κ3) is 3.03. The molecule has 10 heteroatoms. The summed E-state index contributed by atoms with van der Waals surface area (Å²) in [5.41, 5.74) is 1.63. The van der Waals surface area contributed by atoms with Crippen LogP contribution < -0.4 is 5.14 Å². The molecule has 0 amide bonds. The molecule has 0 bridgehead atoms. The monoisotopic (exact) mass is 333 g/mol. The minimum atomic E-state index is -3.65. The van der Waals surface area contributed by atoms with E-state index in [1.165, 1.54) is 10.7 Å². The number of primary sulfonamides is 1. The molecule has 1 aromatic carbocycles. The second-order valence-electron chi connectivity index (χ2n) is 4.86. The first-order chi connectivity index (χ1) is 10.8. The minimum absolute atomic E-state index is 0.115. The van der Waals surface area contributed by atoms with Gasteiger partial charge in [-0.1, -0.05) is 18.2 Å². The lowest BCUT2D eigenvalue weighted by Crippen LogP contribution is -2.14. The molecule has 0 atom stereocenters. The van der Waals surface area contributed by atoms with Gasteiger partial charge in [-0.3, -0.25) is 10.1 Å². The van der Waals surface area contributed by atoms with E-state index in [-0.39, 0.29) is 17.1 Å². The smallest absolute Gasteiger partial charge is 0.258 e. The molecule has 23 heavy (non-hydrogen) atoms. The van der Waals surface area contributed by atoms with E-state index >= 15 is 0 Å². The summed E-state index contributed by atoms with van der Waals surface area (Å²) < 4.78 is 23.8. The fourth-order valence-electron chi connectivity index (χ4n) is 2.28. The Morgan fingerprint density at radius 1 is 1.30 bits per heavy atom. The van der Waals surface area contributed by atoms with Crippen molar-refractivity contribution in [2.45, 2.75) is 5.75 Å². The van der Waals surface area contributed by atoms with Gasteiger partial charge in [0.05, 0.1) is 16.4 Å². The zero-order valence-corrected chi connectivity index (χ0v) is 12.5. The van der Waals surface area contributed by atoms with Gasteiger partial charge in [0.25, 0.3) is 0 Å². The lowest BCUT2D eigenvalue weighted by atomic mass is 10.1. The molecule has 2 aromatic heterocycles. The molecular weight excluding hydrogens is 322 g/mol. The quantitative estimate of drug-likeness (QED) is 0.561. The van der Waals surface area contributed by atoms with Gasteiger partial charge in [0, 0.05) is 11.8 Å². The van der Waals surface area contributed by atoms with Crippen molar-refractivity contribution >= 4 is 21.4 Å². The molecule has 2 N–H and O–H groups in total. The highest BCUT2D eigenvalue weighted by atomic mass is 32.2. The molecule has 0 spiro atoms. The fraction of sp³-hybridized carbons (Fsp3) is 0.0769. The van der Waals surface area contributed by atoms with Crippen molar-refractivity contribution in [3.8, 4) is 11.3 Å². The fourth-order valence-corrected chi connectivity index (χ4v) is 2.92. The molecule has 0 radical (unpaired) electrons. The summed E-state index contributed by atoms with van der Waals surface area (Å²) in [5, 5.41) is 20.0. The SMILES string of the molecule is NS(=O)(=O)Cc1cccc(-c2ccnc3c([N+](=O)[O-])cnn23)c1. The van der Waals surface area contributed by atoms with Crippen LogP contribution in [-0.4, -0.2) is 27.9 Å². The van der Waals surface area contributed by atoms with Gasteiger partial charge in [-0.15, -0.1) is 0 Å². The van der Waals surface area contributed by atoms with Crippen molar-refractivity contribution in [1.82, 2.24) is 14.6 Å². The maximum Gasteiger partial charge on any atom is 0.333 e. The molecule has 2 heterocycles. The van der Waals surface area contributed by atoms with Crippen molar-refractivity contribution < 1.29 is 13.3 Å². The van der Waals surface area contributed by atoms with Crippen LogP contribution in [-0.2, 0) is 15.8 Å². The van der Waals surface area contributed by atoms with Crippen molar-refractivity contribution in [3.63, 3.8) is 0 Å². The van der Waals surface area contributed by atoms with E-state index < -0.39 is 14.9 Å². The van der Waals surface area contributed by atoms with Crippen LogP contribution in [0.5, 0.6) is 0 Å². The Bertz CT molecular complexity index is 1010. The first kappa shape index (κ1) is 15.1. The molecule has 0 saturated heterocycles. The lowest BCUT2D eigenvalue weighted by molar-refractivity contribution is -0.383. The van der Waals surface area contributed by atoms with Crippen molar-refractivity contribution in [3.05, 3.63) is 58.4 Å². The summed E-state index contributed by atoms with van der Waals surface area (Å²) in [5.74, 6) is -0.297. The molecule has 118 valence electrons. The Kier molecular flexibility index (Phi) is 3.54. The minimum Gasteiger partial charge on any atom is -0.258 e. The van der Waals surface area contributed by atoms with Crippen LogP contribution in [0.4, 0.5) is 5.69 Å². The average Bonchev–Trinajstić information content (AvgIpc) is 2.89. The van der Waals surface area contributed by atoms with Crippen molar-refractivity contribution in [1.29, 1.82) is 0 Å². The summed E-state index contributed by atoms with van der Waals surface area (Å²) >= 11 is 0. The number of hydrogen-bond donors (Lipinski definition) is 1. The Morgan fingerprint density at radius 2 is 2.09 bits per heavy atom. The molecule has 9 nitrogen and oxygen atoms in total. The number of nitrogens with two attached hydrogens (primary N) is 1. The predicted molar refractivity (Wildman–Crippen MR) is 81.9 cm³/mol. The summed E-state index contributed by atoms with van der Waals surface area (Å²) in [6, 6.07) is 8.35. The van der Waals surface area contributed by atoms with E-state index in [2.05, 4.69) is 10.1 Å². The van der Waals surface area contributed by atoms with Gasteiger partial charge >= 0.3 is 5.69 Å². The summed E-state index contributed by atoms with van der Waals surface area (Å²) in [6.07, 6.45) is 2.56. The number of fused-ring (bicyclic) bond motifs is 1. The molecule has 0 unspecified atom stereocenters. The number of aromatic nitrogens is 3. The highest BCUT2D eigenvalue weighted by molar-refractivity contribution is 7.88. The standard InChI is InChI=1S/C13H11N5O4S/c14-23(21,22)8-9-2-1-3-10(6-9)11-4-5-15-13-12(18(19)20)7-16-17(11)13/h1-7H,8H2,(H2,14,21,22). The number of nitro groups is 1. The van der Waals surface area contributed by atoms with Crippen LogP contribution in [0, 0.1) is 10.1 Å². The van der Waals surface area contributed by atoms with Gasteiger partial charge in [-0.2, -0.15) is 5.10 Å². The maximum atomic E-state index is 11.2. The third-order valence-corrected chi connectivity index (χ3v) is 3.91. The third-order valence-electron chi connectivity index (χ3n) is 3.17. The number of benzene rings is 1. The molecule has 3 aromatic rings. The molecule has 0 fully saturated rings. The highest BCUT2D eigenvalue weighted by Crippen LogP contribution is 2.25. The number of nitrogens with zero attached hydrogens (tertiary/aromatic N) is 4. The Labute approximate surface area is 130 Å². The number of hydrogen-bond acceptors (Lipinski definition) is 6. The zero-order chi connectivity index (χ0) is 16.6. The topological polar surface area (TPSA) is 133 Å². The largest absolute Gasteiger partial charge is 0.333 e. The molecule has 0 saturated carbocycles. The molecule has 0 aliphatic heterocycles. The van der Waals surface area contributed by atoms with Gasteiger partial charge in [0.15, 0.2) is 0 Å². The van der Waals surface area contributed by atoms with Gasteiger partial charge < -0.3 is 0 Å². The van der Waals surface area contributed by atoms with Crippen LogP contribution in [0.25, 0.3) is 16.9 Å². The van der Waals surface area contributed by atoms with E-state index in [4.69, 9.17) is 5.14 Å². The normalized spacial score (nSPS) is 11.7. The number of sulfonamides is 1. The first-order valence-electron chi connectivity index (χ1n) is 6.42. The zero-order valence-electron chi connectivity index (χ0n) is 11.7. The second kappa shape index (κ2) is 5.41. The van der Waals surface area contributed by atoms with Gasteiger partial charge in [-0.25, -0.2) is 23.1 Å². The summed E-state index contributed by atoms with van der Waals surface area (Å²) in [4.78, 5) is 14.4. The van der Waals surface area contributed by atoms with E-state index in [1.54, 1.807) is 30.3 Å². The Hall–Kier alpha value is -2.85. The summed E-state index contributed by atoms with van der Waals surface area (Å²) in [6.45, 7) is 0. The van der Waals surface area contributed by atoms with Crippen LogP contribution in [0.3, 0.4) is 0 Å². The highest BCUT2D eigenvalue weighted by Gasteiger charge is 2.18. The molecular formula is C13H11N5O4S. The maximum absolute atomic E-state index is 11.2. The molecule has 0 aliphatic carbocycles. The van der Waals surface area contributed by atoms with E-state index in [1.807, 2.05) is 0 Å². The van der Waals surface area contributed by atoms with Crippen LogP contribution in [0.15, 0.2) is 42.7 Å². The van der Waals surface area contributed by atoms with Gasteiger partial charge in [0.1, 0.15) is 6.20 Å². The van der Waals surface area contributed by atoms with Crippen LogP contribution in [0.1, 0.15) is 5.56 Å². The Balaban J connectivity index is 2.14. The van der Waals surface area contributed by atoms with Gasteiger partial charge in [-0.05, 0) is 17.7 Å². The first-order valence-corrected chi connectivity index (χ1v) is 8.13. The second-order valence-corrected chi connectivity index (χ2v) is 6.47. The average molecular weight is 333 g/mol. The Morgan fingerprint density at radius 3 is 2.78 bits per heavy atom. The van der Waals surface area contributed by atoms with Crippen LogP contribution in [0.2, 0.25) is 0 Å². The van der Waals surface area contributed by atoms with E-state index in [9.17, 15) is 18.5 Å². The summed E-state index contributed by atoms with van der Waals surface area (Å²) in [7, 11) is -3.65. The number of rotatable bonds is 4. The molecule has 3 rings (SSSR count). The van der Waals surface area contributed by atoms with E-state index in [0.717, 1.165) is 6.20 Å². The van der Waals surface area contributed by atoms with Gasteiger partial charge in [0.2, 0.25) is 15.7 Å². The molecule has 0 aliphatic rings. The van der Waals surface area contributed by atoms with Crippen molar-refractivity contribution in [2.75, 3.05) is 0 Å².